The third-order valence-corrected chi connectivity index (χ3v) is 6.81. The lowest BCUT2D eigenvalue weighted by Gasteiger charge is -2.30. The van der Waals surface area contributed by atoms with Crippen LogP contribution in [0.5, 0.6) is 0 Å². The van der Waals surface area contributed by atoms with E-state index in [4.69, 9.17) is 4.74 Å². The molecule has 1 amide bonds. The van der Waals surface area contributed by atoms with Gasteiger partial charge in [-0.2, -0.15) is 4.31 Å². The molecule has 1 aliphatic heterocycles. The Kier molecular flexibility index (Phi) is 6.84. The maximum absolute atomic E-state index is 13.1. The number of rotatable bonds is 6. The van der Waals surface area contributed by atoms with Crippen LogP contribution in [0.2, 0.25) is 0 Å². The predicted molar refractivity (Wildman–Crippen MR) is 109 cm³/mol. The number of benzene rings is 2. The maximum Gasteiger partial charge on any atom is 0.309 e. The van der Waals surface area contributed by atoms with E-state index in [1.165, 1.54) is 22.5 Å². The van der Waals surface area contributed by atoms with Crippen LogP contribution in [-0.2, 0) is 24.3 Å². The van der Waals surface area contributed by atoms with Crippen molar-refractivity contribution in [1.29, 1.82) is 0 Å². The highest BCUT2D eigenvalue weighted by molar-refractivity contribution is 7.89. The average Bonchev–Trinajstić information content (AvgIpc) is 2.72. The molecule has 0 spiro atoms. The standard InChI is InChI=1S/C21H23FN2O5S/c1-15-5-7-19(8-6-15)30(27,28)24-11-9-16(10-12-24)21(26)29-14-20(25)23-18-4-2-3-17(22)13-18/h2-8,13,16H,9-12,14H2,1H3,(H,23,25). The molecule has 0 unspecified atom stereocenters. The Morgan fingerprint density at radius 3 is 2.43 bits per heavy atom. The van der Waals surface area contributed by atoms with E-state index in [9.17, 15) is 22.4 Å². The molecule has 0 atom stereocenters. The van der Waals surface area contributed by atoms with Crippen LogP contribution in [0.15, 0.2) is 53.4 Å². The number of amides is 1. The molecule has 1 fully saturated rings. The molecule has 0 aliphatic carbocycles. The number of nitrogens with one attached hydrogen (secondary N) is 1. The van der Waals surface area contributed by atoms with Gasteiger partial charge in [0.15, 0.2) is 6.61 Å². The number of hydrogen-bond donors (Lipinski definition) is 1. The minimum absolute atomic E-state index is 0.200. The van der Waals surface area contributed by atoms with Gasteiger partial charge >= 0.3 is 5.97 Å². The van der Waals surface area contributed by atoms with Crippen molar-refractivity contribution in [2.24, 2.45) is 5.92 Å². The summed E-state index contributed by atoms with van der Waals surface area (Å²) in [4.78, 5) is 24.3. The van der Waals surface area contributed by atoms with Crippen molar-refractivity contribution in [1.82, 2.24) is 4.31 Å². The third kappa shape index (κ3) is 5.43. The number of esters is 1. The van der Waals surface area contributed by atoms with Crippen molar-refractivity contribution in [3.05, 3.63) is 59.9 Å². The topological polar surface area (TPSA) is 92.8 Å². The Balaban J connectivity index is 1.48. The summed E-state index contributed by atoms with van der Waals surface area (Å²) in [5, 5.41) is 2.45. The second-order valence-corrected chi connectivity index (χ2v) is 9.10. The molecule has 1 N–H and O–H groups in total. The number of anilines is 1. The second-order valence-electron chi connectivity index (χ2n) is 7.16. The normalized spacial score (nSPS) is 15.5. The number of halogens is 1. The van der Waals surface area contributed by atoms with Crippen molar-refractivity contribution in [2.45, 2.75) is 24.7 Å². The summed E-state index contributed by atoms with van der Waals surface area (Å²) in [6.07, 6.45) is 0.630. The molecular weight excluding hydrogens is 411 g/mol. The summed E-state index contributed by atoms with van der Waals surface area (Å²) in [5.41, 5.74) is 1.24. The molecular formula is C21H23FN2O5S. The third-order valence-electron chi connectivity index (χ3n) is 4.90. The van der Waals surface area contributed by atoms with Crippen molar-refractivity contribution in [3.63, 3.8) is 0 Å². The molecule has 0 aromatic heterocycles. The quantitative estimate of drug-likeness (QED) is 0.706. The molecule has 9 heteroatoms. The molecule has 1 saturated heterocycles. The second kappa shape index (κ2) is 9.36. The summed E-state index contributed by atoms with van der Waals surface area (Å²) in [6.45, 7) is 1.79. The number of sulfonamides is 1. The molecule has 1 heterocycles. The van der Waals surface area contributed by atoms with Gasteiger partial charge < -0.3 is 10.1 Å². The molecule has 0 bridgehead atoms. The van der Waals surface area contributed by atoms with Crippen molar-refractivity contribution in [3.8, 4) is 0 Å². The van der Waals surface area contributed by atoms with Crippen molar-refractivity contribution in [2.75, 3.05) is 25.0 Å². The summed E-state index contributed by atoms with van der Waals surface area (Å²) >= 11 is 0. The number of hydrogen-bond acceptors (Lipinski definition) is 5. The number of ether oxygens (including phenoxy) is 1. The summed E-state index contributed by atoms with van der Waals surface area (Å²) in [5.74, 6) is -2.08. The molecule has 2 aromatic carbocycles. The van der Waals surface area contributed by atoms with Crippen LogP contribution in [0, 0.1) is 18.7 Å². The van der Waals surface area contributed by atoms with Gasteiger partial charge in [-0.3, -0.25) is 9.59 Å². The molecule has 160 valence electrons. The van der Waals surface area contributed by atoms with E-state index in [0.29, 0.717) is 12.8 Å². The summed E-state index contributed by atoms with van der Waals surface area (Å²) in [6, 6.07) is 12.0. The largest absolute Gasteiger partial charge is 0.455 e. The van der Waals surface area contributed by atoms with E-state index in [-0.39, 0.29) is 23.7 Å². The zero-order chi connectivity index (χ0) is 21.7. The SMILES string of the molecule is Cc1ccc(S(=O)(=O)N2CCC(C(=O)OCC(=O)Nc3cccc(F)c3)CC2)cc1. The van der Waals surface area contributed by atoms with Gasteiger partial charge in [-0.05, 0) is 50.1 Å². The van der Waals surface area contributed by atoms with Crippen molar-refractivity contribution < 1.29 is 27.1 Å². The van der Waals surface area contributed by atoms with Crippen LogP contribution in [0.1, 0.15) is 18.4 Å². The molecule has 7 nitrogen and oxygen atoms in total. The lowest BCUT2D eigenvalue weighted by atomic mass is 9.98. The number of carbonyl (C=O) groups is 2. The molecule has 1 aliphatic rings. The van der Waals surface area contributed by atoms with Crippen LogP contribution in [0.4, 0.5) is 10.1 Å². The first-order valence-electron chi connectivity index (χ1n) is 9.54. The Morgan fingerprint density at radius 1 is 1.13 bits per heavy atom. The molecule has 3 rings (SSSR count). The fourth-order valence-corrected chi connectivity index (χ4v) is 4.68. The first-order valence-corrected chi connectivity index (χ1v) is 11.0. The Morgan fingerprint density at radius 2 is 1.80 bits per heavy atom. The molecule has 2 aromatic rings. The van der Waals surface area contributed by atoms with Crippen LogP contribution in [0.25, 0.3) is 0 Å². The number of aryl methyl sites for hydroxylation is 1. The van der Waals surface area contributed by atoms with Gasteiger partial charge in [0.2, 0.25) is 10.0 Å². The van der Waals surface area contributed by atoms with Crippen LogP contribution in [-0.4, -0.2) is 44.3 Å². The van der Waals surface area contributed by atoms with Crippen LogP contribution in [0.3, 0.4) is 0 Å². The Hall–Kier alpha value is -2.78. The van der Waals surface area contributed by atoms with Crippen LogP contribution >= 0.6 is 0 Å². The summed E-state index contributed by atoms with van der Waals surface area (Å²) in [7, 11) is -3.61. The lowest BCUT2D eigenvalue weighted by Crippen LogP contribution is -2.40. The average molecular weight is 434 g/mol. The number of piperidine rings is 1. The van der Waals surface area contributed by atoms with Gasteiger partial charge in [0.1, 0.15) is 5.82 Å². The Bertz CT molecular complexity index is 1020. The zero-order valence-corrected chi connectivity index (χ0v) is 17.3. The van der Waals surface area contributed by atoms with E-state index in [2.05, 4.69) is 5.32 Å². The van der Waals surface area contributed by atoms with E-state index in [1.54, 1.807) is 24.3 Å². The van der Waals surface area contributed by atoms with E-state index in [1.807, 2.05) is 6.92 Å². The Labute approximate surface area is 174 Å². The fraction of sp³-hybridized carbons (Fsp3) is 0.333. The maximum atomic E-state index is 13.1. The van der Waals surface area contributed by atoms with Crippen LogP contribution < -0.4 is 5.32 Å². The minimum Gasteiger partial charge on any atom is -0.455 e. The van der Waals surface area contributed by atoms with Gasteiger partial charge in [0, 0.05) is 18.8 Å². The smallest absolute Gasteiger partial charge is 0.309 e. The lowest BCUT2D eigenvalue weighted by molar-refractivity contribution is -0.152. The summed E-state index contributed by atoms with van der Waals surface area (Å²) < 4.78 is 45.0. The molecule has 0 saturated carbocycles. The number of nitrogens with zero attached hydrogens (tertiary/aromatic N) is 1. The zero-order valence-electron chi connectivity index (χ0n) is 16.5. The minimum atomic E-state index is -3.61. The van der Waals surface area contributed by atoms with Gasteiger partial charge in [0.25, 0.3) is 5.91 Å². The first-order chi connectivity index (χ1) is 14.3. The molecule has 30 heavy (non-hydrogen) atoms. The van der Waals surface area contributed by atoms with Gasteiger partial charge in [-0.25, -0.2) is 12.8 Å². The highest BCUT2D eigenvalue weighted by atomic mass is 32.2. The van der Waals surface area contributed by atoms with E-state index >= 15 is 0 Å². The molecule has 0 radical (unpaired) electrons. The van der Waals surface area contributed by atoms with Gasteiger partial charge in [0.05, 0.1) is 10.8 Å². The highest BCUT2D eigenvalue weighted by Crippen LogP contribution is 2.25. The van der Waals surface area contributed by atoms with E-state index in [0.717, 1.165) is 11.6 Å². The fourth-order valence-electron chi connectivity index (χ4n) is 3.21. The van der Waals surface area contributed by atoms with Gasteiger partial charge in [-0.1, -0.05) is 23.8 Å². The first kappa shape index (κ1) is 21.9. The van der Waals surface area contributed by atoms with Crippen molar-refractivity contribution >= 4 is 27.6 Å². The highest BCUT2D eigenvalue weighted by Gasteiger charge is 2.33. The van der Waals surface area contributed by atoms with E-state index < -0.39 is 40.2 Å². The monoisotopic (exact) mass is 434 g/mol. The predicted octanol–water partition coefficient (Wildman–Crippen LogP) is 2.72. The number of carbonyl (C=O) groups excluding carboxylic acids is 2. The van der Waals surface area contributed by atoms with Gasteiger partial charge in [-0.15, -0.1) is 0 Å².